The van der Waals surface area contributed by atoms with Crippen LogP contribution in [-0.4, -0.2) is 18.7 Å². The lowest BCUT2D eigenvalue weighted by atomic mass is 10.2. The molecule has 0 fully saturated rings. The van der Waals surface area contributed by atoms with Gasteiger partial charge in [0, 0.05) is 10.6 Å². The van der Waals surface area contributed by atoms with Gasteiger partial charge in [-0.2, -0.15) is 10.4 Å². The van der Waals surface area contributed by atoms with Crippen molar-refractivity contribution >= 4 is 23.7 Å². The zero-order chi connectivity index (χ0) is 15.8. The van der Waals surface area contributed by atoms with Gasteiger partial charge in [-0.15, -0.1) is 0 Å². The normalized spacial score (nSPS) is 10.2. The molecule has 2 rings (SSSR count). The van der Waals surface area contributed by atoms with E-state index in [1.54, 1.807) is 36.4 Å². The fraction of sp³-hybridized carbons (Fsp3) is 0.0625. The molecule has 5 nitrogen and oxygen atoms in total. The highest BCUT2D eigenvalue weighted by atomic mass is 35.5. The molecule has 22 heavy (non-hydrogen) atoms. The fourth-order valence-corrected chi connectivity index (χ4v) is 1.74. The largest absolute Gasteiger partial charge is 0.484 e. The van der Waals surface area contributed by atoms with Gasteiger partial charge in [-0.05, 0) is 30.3 Å². The van der Waals surface area contributed by atoms with Crippen molar-refractivity contribution < 1.29 is 9.53 Å². The number of ether oxygens (including phenoxy) is 1. The summed E-state index contributed by atoms with van der Waals surface area (Å²) < 4.78 is 5.27. The number of amides is 1. The second kappa shape index (κ2) is 7.81. The Kier molecular flexibility index (Phi) is 5.52. The summed E-state index contributed by atoms with van der Waals surface area (Å²) in [4.78, 5) is 11.6. The Morgan fingerprint density at radius 2 is 2.00 bits per heavy atom. The molecule has 0 aliphatic carbocycles. The van der Waals surface area contributed by atoms with Gasteiger partial charge in [-0.25, -0.2) is 5.43 Å². The average Bonchev–Trinajstić information content (AvgIpc) is 2.55. The molecule has 0 atom stereocenters. The fourth-order valence-electron chi connectivity index (χ4n) is 1.56. The van der Waals surface area contributed by atoms with Crippen LogP contribution in [0.1, 0.15) is 11.1 Å². The van der Waals surface area contributed by atoms with Gasteiger partial charge in [-0.1, -0.05) is 29.8 Å². The minimum Gasteiger partial charge on any atom is -0.484 e. The Morgan fingerprint density at radius 1 is 1.27 bits per heavy atom. The van der Waals surface area contributed by atoms with Crippen molar-refractivity contribution in [2.75, 3.05) is 6.61 Å². The van der Waals surface area contributed by atoms with E-state index in [9.17, 15) is 4.79 Å². The van der Waals surface area contributed by atoms with Gasteiger partial charge in [0.15, 0.2) is 6.61 Å². The van der Waals surface area contributed by atoms with E-state index >= 15 is 0 Å². The topological polar surface area (TPSA) is 74.5 Å². The zero-order valence-corrected chi connectivity index (χ0v) is 12.2. The smallest absolute Gasteiger partial charge is 0.277 e. The lowest BCUT2D eigenvalue weighted by molar-refractivity contribution is -0.123. The van der Waals surface area contributed by atoms with Gasteiger partial charge in [0.25, 0.3) is 5.91 Å². The van der Waals surface area contributed by atoms with Gasteiger partial charge >= 0.3 is 0 Å². The van der Waals surface area contributed by atoms with E-state index in [1.807, 2.05) is 18.2 Å². The van der Waals surface area contributed by atoms with Crippen LogP contribution in [0, 0.1) is 11.3 Å². The Balaban J connectivity index is 1.80. The minimum atomic E-state index is -0.396. The van der Waals surface area contributed by atoms with Crippen molar-refractivity contribution in [1.29, 1.82) is 5.26 Å². The molecule has 0 saturated heterocycles. The highest BCUT2D eigenvalue weighted by molar-refractivity contribution is 6.33. The lowest BCUT2D eigenvalue weighted by Gasteiger charge is -2.04. The van der Waals surface area contributed by atoms with Crippen LogP contribution in [-0.2, 0) is 4.79 Å². The van der Waals surface area contributed by atoms with Gasteiger partial charge in [-0.3, -0.25) is 4.79 Å². The number of hydrazone groups is 1. The number of benzene rings is 2. The molecule has 1 amide bonds. The summed E-state index contributed by atoms with van der Waals surface area (Å²) in [6.07, 6.45) is 1.46. The SMILES string of the molecule is N#Cc1ccc(OCC(=O)N/N=C/c2ccccc2Cl)cc1. The number of nitrogens with zero attached hydrogens (tertiary/aromatic N) is 2. The quantitative estimate of drug-likeness (QED) is 0.681. The third-order valence-corrected chi connectivity index (χ3v) is 3.00. The highest BCUT2D eigenvalue weighted by Crippen LogP contribution is 2.12. The van der Waals surface area contributed by atoms with Crippen molar-refractivity contribution in [3.63, 3.8) is 0 Å². The van der Waals surface area contributed by atoms with E-state index in [-0.39, 0.29) is 6.61 Å². The number of carbonyl (C=O) groups excluding carboxylic acids is 1. The maximum atomic E-state index is 11.6. The third kappa shape index (κ3) is 4.62. The number of rotatable bonds is 5. The second-order valence-corrected chi connectivity index (χ2v) is 4.65. The predicted molar refractivity (Wildman–Crippen MR) is 83.8 cm³/mol. The predicted octanol–water partition coefficient (Wildman–Crippen LogP) is 2.74. The van der Waals surface area contributed by atoms with E-state index in [0.717, 1.165) is 0 Å². The van der Waals surface area contributed by atoms with Crippen LogP contribution in [0.3, 0.4) is 0 Å². The molecule has 0 saturated carbocycles. The number of hydrogen-bond donors (Lipinski definition) is 1. The van der Waals surface area contributed by atoms with Crippen LogP contribution in [0.2, 0.25) is 5.02 Å². The maximum Gasteiger partial charge on any atom is 0.277 e. The van der Waals surface area contributed by atoms with Crippen LogP contribution >= 0.6 is 11.6 Å². The molecule has 0 aliphatic heterocycles. The van der Waals surface area contributed by atoms with Crippen LogP contribution in [0.5, 0.6) is 5.75 Å². The van der Waals surface area contributed by atoms with Crippen molar-refractivity contribution in [3.8, 4) is 11.8 Å². The molecule has 0 heterocycles. The summed E-state index contributed by atoms with van der Waals surface area (Å²) in [5.41, 5.74) is 3.58. The van der Waals surface area contributed by atoms with E-state index in [4.69, 9.17) is 21.6 Å². The number of halogens is 1. The number of nitrogens with one attached hydrogen (secondary N) is 1. The second-order valence-electron chi connectivity index (χ2n) is 4.24. The zero-order valence-electron chi connectivity index (χ0n) is 11.5. The third-order valence-electron chi connectivity index (χ3n) is 2.65. The van der Waals surface area contributed by atoms with Crippen LogP contribution < -0.4 is 10.2 Å². The van der Waals surface area contributed by atoms with E-state index in [2.05, 4.69) is 10.5 Å². The lowest BCUT2D eigenvalue weighted by Crippen LogP contribution is -2.24. The summed E-state index contributed by atoms with van der Waals surface area (Å²) >= 11 is 5.95. The van der Waals surface area contributed by atoms with Crippen LogP contribution in [0.15, 0.2) is 53.6 Å². The van der Waals surface area contributed by atoms with Crippen molar-refractivity contribution in [2.24, 2.45) is 5.10 Å². The molecular weight excluding hydrogens is 302 g/mol. The first-order valence-electron chi connectivity index (χ1n) is 6.38. The molecule has 2 aromatic rings. The average molecular weight is 314 g/mol. The van der Waals surface area contributed by atoms with E-state index in [1.165, 1.54) is 6.21 Å². The molecular formula is C16H12ClN3O2. The number of hydrogen-bond acceptors (Lipinski definition) is 4. The first-order chi connectivity index (χ1) is 10.7. The van der Waals surface area contributed by atoms with E-state index in [0.29, 0.717) is 21.9 Å². The highest BCUT2D eigenvalue weighted by Gasteiger charge is 2.02. The monoisotopic (exact) mass is 313 g/mol. The molecule has 0 unspecified atom stereocenters. The minimum absolute atomic E-state index is 0.175. The first-order valence-corrected chi connectivity index (χ1v) is 6.76. The molecule has 110 valence electrons. The van der Waals surface area contributed by atoms with Crippen molar-refractivity contribution in [2.45, 2.75) is 0 Å². The Morgan fingerprint density at radius 3 is 2.68 bits per heavy atom. The summed E-state index contributed by atoms with van der Waals surface area (Å²) in [7, 11) is 0. The van der Waals surface area contributed by atoms with Crippen LogP contribution in [0.25, 0.3) is 0 Å². The van der Waals surface area contributed by atoms with Gasteiger partial charge in [0.05, 0.1) is 17.8 Å². The standard InChI is InChI=1S/C16H12ClN3O2/c17-15-4-2-1-3-13(15)10-19-20-16(21)11-22-14-7-5-12(9-18)6-8-14/h1-8,10H,11H2,(H,20,21)/b19-10+. The maximum absolute atomic E-state index is 11.6. The van der Waals surface area contributed by atoms with E-state index < -0.39 is 5.91 Å². The number of carbonyl (C=O) groups is 1. The molecule has 1 N–H and O–H groups in total. The Hall–Kier alpha value is -2.84. The van der Waals surface area contributed by atoms with Gasteiger partial charge in [0.1, 0.15) is 5.75 Å². The summed E-state index contributed by atoms with van der Waals surface area (Å²) in [6.45, 7) is -0.175. The molecule has 0 radical (unpaired) electrons. The van der Waals surface area contributed by atoms with Gasteiger partial charge in [0.2, 0.25) is 0 Å². The Labute approximate surface area is 132 Å². The number of nitriles is 1. The molecule has 2 aromatic carbocycles. The molecule has 0 spiro atoms. The van der Waals surface area contributed by atoms with Crippen LogP contribution in [0.4, 0.5) is 0 Å². The first kappa shape index (κ1) is 15.5. The summed E-state index contributed by atoms with van der Waals surface area (Å²) in [5.74, 6) is 0.108. The Bertz CT molecular complexity index is 721. The molecule has 6 heteroatoms. The molecule has 0 bridgehead atoms. The van der Waals surface area contributed by atoms with Gasteiger partial charge < -0.3 is 4.74 Å². The molecule has 0 aromatic heterocycles. The summed E-state index contributed by atoms with van der Waals surface area (Å²) in [5, 5.41) is 13.0. The van der Waals surface area contributed by atoms with Crippen molar-refractivity contribution in [1.82, 2.24) is 5.43 Å². The molecule has 0 aliphatic rings. The van der Waals surface area contributed by atoms with Crippen molar-refractivity contribution in [3.05, 3.63) is 64.7 Å². The summed E-state index contributed by atoms with van der Waals surface area (Å²) in [6, 6.07) is 15.6.